The normalized spacial score (nSPS) is 22.7. The SMILES string of the molecule is SC1=C(S)CCCCCCCCCC1. The topological polar surface area (TPSA) is 0 Å². The van der Waals surface area contributed by atoms with E-state index in [1.165, 1.54) is 61.2 Å². The molecule has 0 N–H and O–H groups in total. The second-order valence-corrected chi connectivity index (χ2v) is 5.30. The smallest absolute Gasteiger partial charge is 0.00917 e. The summed E-state index contributed by atoms with van der Waals surface area (Å²) in [6.45, 7) is 0. The van der Waals surface area contributed by atoms with Crippen molar-refractivity contribution >= 4 is 25.3 Å². The van der Waals surface area contributed by atoms with Crippen molar-refractivity contribution in [2.75, 3.05) is 0 Å². The van der Waals surface area contributed by atoms with Gasteiger partial charge in [-0.15, -0.1) is 25.3 Å². The lowest BCUT2D eigenvalue weighted by atomic mass is 10.0. The second kappa shape index (κ2) is 7.70. The molecule has 0 aliphatic heterocycles. The van der Waals surface area contributed by atoms with E-state index < -0.39 is 0 Å². The monoisotopic (exact) mass is 230 g/mol. The third-order valence-electron chi connectivity index (χ3n) is 2.91. The first-order valence-corrected chi connectivity index (χ1v) is 6.80. The molecule has 0 amide bonds. The van der Waals surface area contributed by atoms with E-state index in [0.717, 1.165) is 12.8 Å². The van der Waals surface area contributed by atoms with Crippen LogP contribution >= 0.6 is 25.3 Å². The van der Waals surface area contributed by atoms with Crippen LogP contribution in [-0.2, 0) is 0 Å². The van der Waals surface area contributed by atoms with Crippen LogP contribution in [0.15, 0.2) is 9.81 Å². The highest BCUT2D eigenvalue weighted by Crippen LogP contribution is 2.25. The van der Waals surface area contributed by atoms with Crippen LogP contribution in [0.25, 0.3) is 0 Å². The van der Waals surface area contributed by atoms with E-state index in [9.17, 15) is 0 Å². The van der Waals surface area contributed by atoms with Crippen LogP contribution in [0.1, 0.15) is 64.2 Å². The van der Waals surface area contributed by atoms with Gasteiger partial charge in [0.05, 0.1) is 0 Å². The quantitative estimate of drug-likeness (QED) is 0.539. The molecule has 0 nitrogen and oxygen atoms in total. The van der Waals surface area contributed by atoms with Gasteiger partial charge in [0.15, 0.2) is 0 Å². The zero-order chi connectivity index (χ0) is 10.2. The summed E-state index contributed by atoms with van der Waals surface area (Å²) in [7, 11) is 0. The van der Waals surface area contributed by atoms with Gasteiger partial charge in [0.1, 0.15) is 0 Å². The standard InChI is InChI=1S/C12H22S2/c13-11-9-7-5-3-1-2-4-6-8-10-12(11)14/h13-14H,1-10H2. The summed E-state index contributed by atoms with van der Waals surface area (Å²) in [4.78, 5) is 2.46. The molecule has 1 aliphatic carbocycles. The fraction of sp³-hybridized carbons (Fsp3) is 0.833. The van der Waals surface area contributed by atoms with Crippen LogP contribution in [0.2, 0.25) is 0 Å². The predicted molar refractivity (Wildman–Crippen MR) is 71.2 cm³/mol. The van der Waals surface area contributed by atoms with Gasteiger partial charge in [0.2, 0.25) is 0 Å². The number of hydrogen-bond acceptors (Lipinski definition) is 2. The highest BCUT2D eigenvalue weighted by atomic mass is 32.1. The Hall–Kier alpha value is 0.440. The molecule has 0 aromatic heterocycles. The predicted octanol–water partition coefficient (Wildman–Crippen LogP) is 4.97. The molecule has 0 atom stereocenters. The zero-order valence-corrected chi connectivity index (χ0v) is 10.8. The summed E-state index contributed by atoms with van der Waals surface area (Å²) in [6.07, 6.45) is 13.3. The van der Waals surface area contributed by atoms with Crippen molar-refractivity contribution in [2.24, 2.45) is 0 Å². The fourth-order valence-electron chi connectivity index (χ4n) is 1.93. The third kappa shape index (κ3) is 5.35. The highest BCUT2D eigenvalue weighted by Gasteiger charge is 2.01. The van der Waals surface area contributed by atoms with Gasteiger partial charge in [-0.3, -0.25) is 0 Å². The average Bonchev–Trinajstić information content (AvgIpc) is 2.18. The van der Waals surface area contributed by atoms with Crippen LogP contribution in [0.3, 0.4) is 0 Å². The van der Waals surface area contributed by atoms with E-state index in [-0.39, 0.29) is 0 Å². The molecule has 82 valence electrons. The van der Waals surface area contributed by atoms with Crippen molar-refractivity contribution in [3.05, 3.63) is 9.81 Å². The van der Waals surface area contributed by atoms with Gasteiger partial charge in [0, 0.05) is 0 Å². The minimum atomic E-state index is 1.14. The van der Waals surface area contributed by atoms with Crippen molar-refractivity contribution in [1.29, 1.82) is 0 Å². The highest BCUT2D eigenvalue weighted by molar-refractivity contribution is 7.88. The Morgan fingerprint density at radius 1 is 0.500 bits per heavy atom. The Morgan fingerprint density at radius 3 is 1.14 bits per heavy atom. The first-order chi connectivity index (χ1) is 6.80. The Balaban J connectivity index is 2.37. The van der Waals surface area contributed by atoms with Crippen molar-refractivity contribution in [2.45, 2.75) is 64.2 Å². The molecule has 0 saturated carbocycles. The molecule has 0 aromatic rings. The Bertz CT molecular complexity index is 165. The summed E-state index contributed by atoms with van der Waals surface area (Å²) in [5.41, 5.74) is 0. The molecule has 0 spiro atoms. The summed E-state index contributed by atoms with van der Waals surface area (Å²) in [5.74, 6) is 0. The molecule has 0 heterocycles. The van der Waals surface area contributed by atoms with Crippen LogP contribution < -0.4 is 0 Å². The van der Waals surface area contributed by atoms with Crippen LogP contribution in [0.5, 0.6) is 0 Å². The van der Waals surface area contributed by atoms with Gasteiger partial charge in [-0.05, 0) is 35.5 Å². The summed E-state index contributed by atoms with van der Waals surface area (Å²) < 4.78 is 0. The molecule has 1 aliphatic rings. The van der Waals surface area contributed by atoms with Crippen LogP contribution in [-0.4, -0.2) is 0 Å². The maximum atomic E-state index is 4.52. The van der Waals surface area contributed by atoms with Crippen molar-refractivity contribution in [3.8, 4) is 0 Å². The van der Waals surface area contributed by atoms with E-state index in [0.29, 0.717) is 0 Å². The molecule has 0 bridgehead atoms. The molecule has 0 radical (unpaired) electrons. The van der Waals surface area contributed by atoms with Gasteiger partial charge in [-0.25, -0.2) is 0 Å². The average molecular weight is 230 g/mol. The fourth-order valence-corrected chi connectivity index (χ4v) is 2.47. The van der Waals surface area contributed by atoms with Crippen molar-refractivity contribution in [1.82, 2.24) is 0 Å². The van der Waals surface area contributed by atoms with Crippen LogP contribution in [0.4, 0.5) is 0 Å². The lowest BCUT2D eigenvalue weighted by molar-refractivity contribution is 0.565. The molecular formula is C12H22S2. The maximum absolute atomic E-state index is 4.52. The molecule has 0 aromatic carbocycles. The van der Waals surface area contributed by atoms with Gasteiger partial charge in [-0.1, -0.05) is 38.5 Å². The van der Waals surface area contributed by atoms with Crippen molar-refractivity contribution in [3.63, 3.8) is 0 Å². The molecule has 1 rings (SSSR count). The van der Waals surface area contributed by atoms with E-state index >= 15 is 0 Å². The van der Waals surface area contributed by atoms with Gasteiger partial charge in [0.25, 0.3) is 0 Å². The minimum absolute atomic E-state index is 1.14. The van der Waals surface area contributed by atoms with Gasteiger partial charge in [-0.2, -0.15) is 0 Å². The lowest BCUT2D eigenvalue weighted by Crippen LogP contribution is -1.87. The zero-order valence-electron chi connectivity index (χ0n) is 8.97. The minimum Gasteiger partial charge on any atom is -0.147 e. The molecule has 14 heavy (non-hydrogen) atoms. The number of rotatable bonds is 0. The second-order valence-electron chi connectivity index (χ2n) is 4.22. The maximum Gasteiger partial charge on any atom is -0.00917 e. The molecule has 0 unspecified atom stereocenters. The summed E-state index contributed by atoms with van der Waals surface area (Å²) >= 11 is 9.04. The van der Waals surface area contributed by atoms with Crippen LogP contribution in [0, 0.1) is 0 Å². The van der Waals surface area contributed by atoms with E-state index in [2.05, 4.69) is 25.3 Å². The largest absolute Gasteiger partial charge is 0.147 e. The van der Waals surface area contributed by atoms with E-state index in [1.807, 2.05) is 0 Å². The van der Waals surface area contributed by atoms with Crippen molar-refractivity contribution < 1.29 is 0 Å². The third-order valence-corrected chi connectivity index (χ3v) is 4.07. The van der Waals surface area contributed by atoms with Gasteiger partial charge >= 0.3 is 0 Å². The first-order valence-electron chi connectivity index (χ1n) is 5.90. The molecule has 0 fully saturated rings. The molecule has 2 heteroatoms. The molecular weight excluding hydrogens is 208 g/mol. The van der Waals surface area contributed by atoms with Gasteiger partial charge < -0.3 is 0 Å². The Morgan fingerprint density at radius 2 is 0.786 bits per heavy atom. The van der Waals surface area contributed by atoms with E-state index in [4.69, 9.17) is 0 Å². The molecule has 0 saturated heterocycles. The number of thiol groups is 2. The summed E-state index contributed by atoms with van der Waals surface area (Å²) in [5, 5.41) is 0. The number of allylic oxidation sites excluding steroid dienone is 2. The lowest BCUT2D eigenvalue weighted by Gasteiger charge is -2.08. The summed E-state index contributed by atoms with van der Waals surface area (Å²) in [6, 6.07) is 0. The van der Waals surface area contributed by atoms with E-state index in [1.54, 1.807) is 0 Å². The number of hydrogen-bond donors (Lipinski definition) is 2. The first kappa shape index (κ1) is 12.5. The Labute approximate surface area is 99.4 Å². The Kier molecular flexibility index (Phi) is 6.88.